The molecule has 0 aliphatic carbocycles. The van der Waals surface area contributed by atoms with Crippen molar-refractivity contribution < 1.29 is 15.0 Å². The predicted octanol–water partition coefficient (Wildman–Crippen LogP) is 2.07. The van der Waals surface area contributed by atoms with Crippen LogP contribution < -0.4 is 5.43 Å². The SMILES string of the molecule is O=C(NN=C(c1ccccn1)c1ccccn1)c1ccc(O)cc1O. The number of aromatic nitrogens is 2. The molecule has 2 heterocycles. The van der Waals surface area contributed by atoms with E-state index in [-0.39, 0.29) is 17.1 Å². The Bertz CT molecular complexity index is 871. The number of hydrogen-bond acceptors (Lipinski definition) is 6. The lowest BCUT2D eigenvalue weighted by molar-refractivity contribution is 0.0952. The normalized spacial score (nSPS) is 10.1. The van der Waals surface area contributed by atoms with Crippen molar-refractivity contribution >= 4 is 11.6 Å². The summed E-state index contributed by atoms with van der Waals surface area (Å²) in [6.07, 6.45) is 3.23. The Morgan fingerprint density at radius 3 is 2.08 bits per heavy atom. The second kappa shape index (κ2) is 7.22. The maximum absolute atomic E-state index is 12.2. The van der Waals surface area contributed by atoms with Crippen molar-refractivity contribution in [3.8, 4) is 11.5 Å². The van der Waals surface area contributed by atoms with Crippen LogP contribution in [-0.2, 0) is 0 Å². The monoisotopic (exact) mass is 334 g/mol. The Hall–Kier alpha value is -3.74. The minimum atomic E-state index is -0.623. The summed E-state index contributed by atoms with van der Waals surface area (Å²) >= 11 is 0. The van der Waals surface area contributed by atoms with Gasteiger partial charge in [0.05, 0.1) is 17.0 Å². The summed E-state index contributed by atoms with van der Waals surface area (Å²) < 4.78 is 0. The Morgan fingerprint density at radius 2 is 1.56 bits per heavy atom. The molecule has 0 aliphatic rings. The van der Waals surface area contributed by atoms with Gasteiger partial charge in [-0.05, 0) is 36.4 Å². The Balaban J connectivity index is 1.93. The van der Waals surface area contributed by atoms with Crippen molar-refractivity contribution in [2.24, 2.45) is 5.10 Å². The molecule has 124 valence electrons. The molecule has 3 aromatic rings. The third kappa shape index (κ3) is 3.78. The summed E-state index contributed by atoms with van der Waals surface area (Å²) in [4.78, 5) is 20.7. The lowest BCUT2D eigenvalue weighted by Gasteiger charge is -2.07. The summed E-state index contributed by atoms with van der Waals surface area (Å²) in [7, 11) is 0. The molecule has 3 rings (SSSR count). The quantitative estimate of drug-likeness (QED) is 0.500. The van der Waals surface area contributed by atoms with Gasteiger partial charge in [0.25, 0.3) is 5.91 Å². The molecule has 1 aromatic carbocycles. The van der Waals surface area contributed by atoms with Crippen LogP contribution in [0.3, 0.4) is 0 Å². The van der Waals surface area contributed by atoms with Gasteiger partial charge in [0.15, 0.2) is 0 Å². The Morgan fingerprint density at radius 1 is 0.920 bits per heavy atom. The standard InChI is InChI=1S/C18H14N4O3/c23-12-7-8-13(16(24)11-12)18(25)22-21-17(14-5-1-3-9-19-14)15-6-2-4-10-20-15/h1-11,23-24H,(H,22,25). The minimum absolute atomic E-state index is 0.0112. The van der Waals surface area contributed by atoms with Gasteiger partial charge < -0.3 is 10.2 Å². The Labute approximate surface area is 143 Å². The molecule has 1 amide bonds. The third-order valence-corrected chi connectivity index (χ3v) is 3.31. The molecule has 0 spiro atoms. The maximum atomic E-state index is 12.2. The highest BCUT2D eigenvalue weighted by Crippen LogP contribution is 2.22. The first kappa shape index (κ1) is 16.1. The van der Waals surface area contributed by atoms with Gasteiger partial charge in [-0.25, -0.2) is 5.43 Å². The molecule has 7 nitrogen and oxygen atoms in total. The van der Waals surface area contributed by atoms with Crippen LogP contribution in [0.4, 0.5) is 0 Å². The number of carbonyl (C=O) groups excluding carboxylic acids is 1. The van der Waals surface area contributed by atoms with Crippen molar-refractivity contribution in [3.05, 3.63) is 83.9 Å². The third-order valence-electron chi connectivity index (χ3n) is 3.31. The lowest BCUT2D eigenvalue weighted by atomic mass is 10.1. The van der Waals surface area contributed by atoms with E-state index in [2.05, 4.69) is 20.5 Å². The number of rotatable bonds is 4. The molecule has 0 atom stereocenters. The van der Waals surface area contributed by atoms with E-state index in [4.69, 9.17) is 0 Å². The number of phenols is 2. The van der Waals surface area contributed by atoms with Crippen LogP contribution in [0.25, 0.3) is 0 Å². The largest absolute Gasteiger partial charge is 0.508 e. The number of aromatic hydroxyl groups is 2. The van der Waals surface area contributed by atoms with Crippen LogP contribution in [0.5, 0.6) is 11.5 Å². The molecule has 0 bridgehead atoms. The van der Waals surface area contributed by atoms with Crippen molar-refractivity contribution in [1.82, 2.24) is 15.4 Å². The number of nitrogens with zero attached hydrogens (tertiary/aromatic N) is 3. The molecule has 0 unspecified atom stereocenters. The molecule has 7 heteroatoms. The van der Waals surface area contributed by atoms with E-state index in [0.29, 0.717) is 17.1 Å². The maximum Gasteiger partial charge on any atom is 0.275 e. The highest BCUT2D eigenvalue weighted by Gasteiger charge is 2.14. The Kier molecular flexibility index (Phi) is 4.66. The summed E-state index contributed by atoms with van der Waals surface area (Å²) in [6, 6.07) is 14.3. The zero-order chi connectivity index (χ0) is 17.6. The highest BCUT2D eigenvalue weighted by atomic mass is 16.3. The minimum Gasteiger partial charge on any atom is -0.508 e. The first-order valence-corrected chi connectivity index (χ1v) is 7.38. The summed E-state index contributed by atoms with van der Waals surface area (Å²) in [5.41, 5.74) is 3.83. The van der Waals surface area contributed by atoms with Gasteiger partial charge in [-0.15, -0.1) is 0 Å². The van der Waals surface area contributed by atoms with Crippen LogP contribution in [0.15, 0.2) is 72.1 Å². The number of phenolic OH excluding ortho intramolecular Hbond substituents is 2. The van der Waals surface area contributed by atoms with E-state index in [0.717, 1.165) is 6.07 Å². The zero-order valence-corrected chi connectivity index (χ0v) is 13.0. The number of amides is 1. The van der Waals surface area contributed by atoms with Crippen LogP contribution in [0.2, 0.25) is 0 Å². The fourth-order valence-electron chi connectivity index (χ4n) is 2.13. The molecule has 0 aliphatic heterocycles. The number of hydrogen-bond donors (Lipinski definition) is 3. The molecule has 2 aromatic heterocycles. The number of benzene rings is 1. The van der Waals surface area contributed by atoms with Gasteiger partial charge in [-0.2, -0.15) is 5.10 Å². The second-order valence-corrected chi connectivity index (χ2v) is 5.03. The summed E-state index contributed by atoms with van der Waals surface area (Å²) in [5, 5.41) is 23.2. The van der Waals surface area contributed by atoms with Crippen molar-refractivity contribution in [1.29, 1.82) is 0 Å². The van der Waals surface area contributed by atoms with E-state index < -0.39 is 5.91 Å². The molecule has 25 heavy (non-hydrogen) atoms. The molecular formula is C18H14N4O3. The van der Waals surface area contributed by atoms with E-state index in [9.17, 15) is 15.0 Å². The lowest BCUT2D eigenvalue weighted by Crippen LogP contribution is -2.21. The topological polar surface area (TPSA) is 108 Å². The summed E-state index contributed by atoms with van der Waals surface area (Å²) in [6.45, 7) is 0. The molecule has 0 radical (unpaired) electrons. The fraction of sp³-hybridized carbons (Fsp3) is 0. The summed E-state index contributed by atoms with van der Waals surface area (Å²) in [5.74, 6) is -1.10. The van der Waals surface area contributed by atoms with Gasteiger partial charge >= 0.3 is 0 Å². The molecule has 0 fully saturated rings. The van der Waals surface area contributed by atoms with Gasteiger partial charge in [-0.3, -0.25) is 14.8 Å². The number of hydrazone groups is 1. The van der Waals surface area contributed by atoms with Crippen LogP contribution in [-0.4, -0.2) is 31.8 Å². The number of carbonyl (C=O) groups is 1. The molecule has 3 N–H and O–H groups in total. The molecule has 0 saturated carbocycles. The van der Waals surface area contributed by atoms with Crippen LogP contribution in [0.1, 0.15) is 21.7 Å². The first-order valence-electron chi connectivity index (χ1n) is 7.38. The molecular weight excluding hydrogens is 320 g/mol. The van der Waals surface area contributed by atoms with E-state index in [1.807, 2.05) is 0 Å². The highest BCUT2D eigenvalue weighted by molar-refractivity contribution is 6.11. The van der Waals surface area contributed by atoms with E-state index >= 15 is 0 Å². The molecule has 0 saturated heterocycles. The van der Waals surface area contributed by atoms with Gasteiger partial charge in [-0.1, -0.05) is 12.1 Å². The zero-order valence-electron chi connectivity index (χ0n) is 13.0. The average molecular weight is 334 g/mol. The van der Waals surface area contributed by atoms with E-state index in [1.54, 1.807) is 48.8 Å². The number of pyridine rings is 2. The second-order valence-electron chi connectivity index (χ2n) is 5.03. The van der Waals surface area contributed by atoms with Gasteiger partial charge in [0.2, 0.25) is 0 Å². The van der Waals surface area contributed by atoms with Crippen molar-refractivity contribution in [3.63, 3.8) is 0 Å². The predicted molar refractivity (Wildman–Crippen MR) is 91.4 cm³/mol. The number of nitrogens with one attached hydrogen (secondary N) is 1. The smallest absolute Gasteiger partial charge is 0.275 e. The van der Waals surface area contributed by atoms with Gasteiger partial charge in [0.1, 0.15) is 17.2 Å². The fourth-order valence-corrected chi connectivity index (χ4v) is 2.13. The van der Waals surface area contributed by atoms with Crippen molar-refractivity contribution in [2.75, 3.05) is 0 Å². The van der Waals surface area contributed by atoms with Crippen molar-refractivity contribution in [2.45, 2.75) is 0 Å². The average Bonchev–Trinajstić information content (AvgIpc) is 2.63. The van der Waals surface area contributed by atoms with E-state index in [1.165, 1.54) is 12.1 Å². The van der Waals surface area contributed by atoms with Crippen LogP contribution in [0, 0.1) is 0 Å². The van der Waals surface area contributed by atoms with Crippen LogP contribution >= 0.6 is 0 Å². The first-order chi connectivity index (χ1) is 12.1. The van der Waals surface area contributed by atoms with Gasteiger partial charge in [0, 0.05) is 18.5 Å².